The maximum absolute atomic E-state index is 8.45. The lowest BCUT2D eigenvalue weighted by Crippen LogP contribution is -1.82. The summed E-state index contributed by atoms with van der Waals surface area (Å²) in [5.41, 5.74) is 2.00. The van der Waals surface area contributed by atoms with Crippen molar-refractivity contribution in [1.82, 2.24) is 0 Å². The fraction of sp³-hybridized carbons (Fsp3) is 0.182. The number of hydrogen-bond donors (Lipinski definition) is 0. The van der Waals surface area contributed by atoms with E-state index in [4.69, 9.17) is 5.26 Å². The Morgan fingerprint density at radius 2 is 2.25 bits per heavy atom. The molecule has 0 spiro atoms. The van der Waals surface area contributed by atoms with Crippen molar-refractivity contribution in [2.24, 2.45) is 0 Å². The molecular weight excluding hydrogens is 146 g/mol. The Hall–Kier alpha value is -1.73. The van der Waals surface area contributed by atoms with Gasteiger partial charge in [0, 0.05) is 5.56 Å². The summed E-state index contributed by atoms with van der Waals surface area (Å²) < 4.78 is 0. The fourth-order valence-corrected chi connectivity index (χ4v) is 0.995. The maximum Gasteiger partial charge on any atom is 0.0669 e. The topological polar surface area (TPSA) is 23.8 Å². The summed E-state index contributed by atoms with van der Waals surface area (Å²) >= 11 is 0. The lowest BCUT2D eigenvalue weighted by molar-refractivity contribution is 1.26. The van der Waals surface area contributed by atoms with Crippen LogP contribution in [0.1, 0.15) is 18.1 Å². The maximum atomic E-state index is 8.45. The largest absolute Gasteiger partial charge is 0.198 e. The number of benzene rings is 1. The Morgan fingerprint density at radius 1 is 1.42 bits per heavy atom. The standard InChI is InChI=1S/C11H9N/c1-2-4-10-5-3-6-11(9-10)7-8-12/h3,5-6,9H,7H2,1H3. The van der Waals surface area contributed by atoms with E-state index in [1.807, 2.05) is 24.3 Å². The molecule has 0 aliphatic heterocycles. The highest BCUT2D eigenvalue weighted by Crippen LogP contribution is 2.03. The van der Waals surface area contributed by atoms with Gasteiger partial charge < -0.3 is 0 Å². The van der Waals surface area contributed by atoms with Crippen LogP contribution in [0, 0.1) is 23.2 Å². The van der Waals surface area contributed by atoms with Gasteiger partial charge in [-0.05, 0) is 24.6 Å². The van der Waals surface area contributed by atoms with E-state index >= 15 is 0 Å². The first-order valence-electron chi connectivity index (χ1n) is 3.75. The second-order valence-electron chi connectivity index (χ2n) is 2.41. The monoisotopic (exact) mass is 155 g/mol. The van der Waals surface area contributed by atoms with Crippen molar-refractivity contribution in [1.29, 1.82) is 5.26 Å². The van der Waals surface area contributed by atoms with Crippen molar-refractivity contribution >= 4 is 0 Å². The van der Waals surface area contributed by atoms with Crippen LogP contribution >= 0.6 is 0 Å². The molecule has 58 valence electrons. The van der Waals surface area contributed by atoms with Gasteiger partial charge in [-0.3, -0.25) is 0 Å². The van der Waals surface area contributed by atoms with Crippen LogP contribution in [-0.4, -0.2) is 0 Å². The van der Waals surface area contributed by atoms with Gasteiger partial charge in [-0.1, -0.05) is 18.1 Å². The normalized spacial score (nSPS) is 8.00. The lowest BCUT2D eigenvalue weighted by atomic mass is 10.1. The molecule has 0 heterocycles. The Bertz CT molecular complexity index is 361. The Morgan fingerprint density at radius 3 is 2.92 bits per heavy atom. The minimum atomic E-state index is 0.458. The van der Waals surface area contributed by atoms with Gasteiger partial charge in [-0.25, -0.2) is 0 Å². The van der Waals surface area contributed by atoms with Crippen molar-refractivity contribution in [2.45, 2.75) is 13.3 Å². The summed E-state index contributed by atoms with van der Waals surface area (Å²) in [7, 11) is 0. The summed E-state index contributed by atoms with van der Waals surface area (Å²) in [5, 5.41) is 8.45. The number of nitriles is 1. The van der Waals surface area contributed by atoms with E-state index in [2.05, 4.69) is 17.9 Å². The molecule has 0 amide bonds. The van der Waals surface area contributed by atoms with Crippen LogP contribution in [0.15, 0.2) is 24.3 Å². The molecule has 0 atom stereocenters. The van der Waals surface area contributed by atoms with Gasteiger partial charge in [0.25, 0.3) is 0 Å². The zero-order valence-corrected chi connectivity index (χ0v) is 6.96. The van der Waals surface area contributed by atoms with Crippen LogP contribution in [0.3, 0.4) is 0 Å². The summed E-state index contributed by atoms with van der Waals surface area (Å²) in [4.78, 5) is 0. The molecule has 0 aliphatic rings. The van der Waals surface area contributed by atoms with Crippen LogP contribution in [0.5, 0.6) is 0 Å². The van der Waals surface area contributed by atoms with Crippen LogP contribution in [-0.2, 0) is 6.42 Å². The molecule has 0 bridgehead atoms. The van der Waals surface area contributed by atoms with Crippen LogP contribution < -0.4 is 0 Å². The summed E-state index contributed by atoms with van der Waals surface area (Å²) in [6, 6.07) is 9.85. The van der Waals surface area contributed by atoms with Gasteiger partial charge >= 0.3 is 0 Å². The highest BCUT2D eigenvalue weighted by atomic mass is 14.2. The highest BCUT2D eigenvalue weighted by molar-refractivity contribution is 5.37. The van der Waals surface area contributed by atoms with Gasteiger partial charge in [0.15, 0.2) is 0 Å². The predicted octanol–water partition coefficient (Wildman–Crippen LogP) is 2.12. The van der Waals surface area contributed by atoms with Gasteiger partial charge in [0.1, 0.15) is 0 Å². The van der Waals surface area contributed by atoms with Crippen molar-refractivity contribution in [3.05, 3.63) is 35.4 Å². The van der Waals surface area contributed by atoms with Crippen LogP contribution in [0.4, 0.5) is 0 Å². The van der Waals surface area contributed by atoms with E-state index in [1.54, 1.807) is 6.92 Å². The quantitative estimate of drug-likeness (QED) is 0.570. The van der Waals surface area contributed by atoms with Gasteiger partial charge in [-0.15, -0.1) is 5.92 Å². The smallest absolute Gasteiger partial charge is 0.0669 e. The summed E-state index contributed by atoms with van der Waals surface area (Å²) in [6.07, 6.45) is 0.458. The van der Waals surface area contributed by atoms with Crippen LogP contribution in [0.2, 0.25) is 0 Å². The molecule has 0 saturated carbocycles. The average molecular weight is 155 g/mol. The second kappa shape index (κ2) is 4.21. The molecule has 0 saturated heterocycles. The van der Waals surface area contributed by atoms with Gasteiger partial charge in [0.05, 0.1) is 12.5 Å². The SMILES string of the molecule is CC#Cc1cccc(CC#N)c1. The zero-order chi connectivity index (χ0) is 8.81. The molecule has 1 rings (SSSR count). The number of rotatable bonds is 1. The molecular formula is C11H9N. The zero-order valence-electron chi connectivity index (χ0n) is 6.96. The minimum Gasteiger partial charge on any atom is -0.198 e. The number of hydrogen-bond acceptors (Lipinski definition) is 1. The third kappa shape index (κ3) is 2.15. The molecule has 0 aliphatic carbocycles. The van der Waals surface area contributed by atoms with E-state index in [9.17, 15) is 0 Å². The molecule has 1 aromatic rings. The minimum absolute atomic E-state index is 0.458. The van der Waals surface area contributed by atoms with Crippen molar-refractivity contribution < 1.29 is 0 Å². The molecule has 0 aromatic heterocycles. The molecule has 1 heteroatoms. The lowest BCUT2D eigenvalue weighted by Gasteiger charge is -1.94. The second-order valence-corrected chi connectivity index (χ2v) is 2.41. The predicted molar refractivity (Wildman–Crippen MR) is 48.3 cm³/mol. The van der Waals surface area contributed by atoms with E-state index < -0.39 is 0 Å². The fourth-order valence-electron chi connectivity index (χ4n) is 0.995. The Balaban J connectivity index is 2.94. The van der Waals surface area contributed by atoms with E-state index in [0.717, 1.165) is 11.1 Å². The third-order valence-corrected chi connectivity index (χ3v) is 1.48. The van der Waals surface area contributed by atoms with E-state index in [-0.39, 0.29) is 0 Å². The van der Waals surface area contributed by atoms with E-state index in [0.29, 0.717) is 6.42 Å². The first-order chi connectivity index (χ1) is 5.86. The Kier molecular flexibility index (Phi) is 2.94. The molecule has 0 radical (unpaired) electrons. The first kappa shape index (κ1) is 8.37. The molecule has 0 N–H and O–H groups in total. The van der Waals surface area contributed by atoms with Gasteiger partial charge in [-0.2, -0.15) is 5.26 Å². The average Bonchev–Trinajstić information content (AvgIpc) is 2.06. The molecule has 0 fully saturated rings. The summed E-state index contributed by atoms with van der Waals surface area (Å²) in [5.74, 6) is 5.77. The van der Waals surface area contributed by atoms with Crippen molar-refractivity contribution in [3.8, 4) is 17.9 Å². The molecule has 12 heavy (non-hydrogen) atoms. The summed E-state index contributed by atoms with van der Waals surface area (Å²) in [6.45, 7) is 1.80. The molecule has 0 unspecified atom stereocenters. The van der Waals surface area contributed by atoms with Crippen LogP contribution in [0.25, 0.3) is 0 Å². The van der Waals surface area contributed by atoms with Gasteiger partial charge in [0.2, 0.25) is 0 Å². The van der Waals surface area contributed by atoms with E-state index in [1.165, 1.54) is 0 Å². The molecule has 1 nitrogen and oxygen atoms in total. The van der Waals surface area contributed by atoms with Crippen molar-refractivity contribution in [3.63, 3.8) is 0 Å². The molecule has 1 aromatic carbocycles. The number of nitrogens with zero attached hydrogens (tertiary/aromatic N) is 1. The Labute approximate surface area is 72.6 Å². The third-order valence-electron chi connectivity index (χ3n) is 1.48. The first-order valence-corrected chi connectivity index (χ1v) is 3.75. The highest BCUT2D eigenvalue weighted by Gasteiger charge is 1.91. The van der Waals surface area contributed by atoms with Crippen molar-refractivity contribution in [2.75, 3.05) is 0 Å².